The van der Waals surface area contributed by atoms with Crippen molar-refractivity contribution in [1.82, 2.24) is 25.4 Å². The van der Waals surface area contributed by atoms with Crippen LogP contribution in [0.5, 0.6) is 5.75 Å². The molecule has 0 bridgehead atoms. The predicted octanol–water partition coefficient (Wildman–Crippen LogP) is 1.82. The first kappa shape index (κ1) is 41.0. The summed E-state index contributed by atoms with van der Waals surface area (Å²) in [5.41, 5.74) is 0.798. The molecule has 2 aromatic carbocycles. The van der Waals surface area contributed by atoms with Crippen LogP contribution in [0.1, 0.15) is 33.6 Å². The van der Waals surface area contributed by atoms with E-state index < -0.39 is 47.1 Å². The number of piperidine rings is 1. The molecule has 4 aliphatic heterocycles. The minimum absolute atomic E-state index is 0.00749. The number of aromatic nitrogens is 1. The summed E-state index contributed by atoms with van der Waals surface area (Å²) in [7, 11) is 0. The summed E-state index contributed by atoms with van der Waals surface area (Å²) in [5, 5.41) is 7.82. The number of morpholine rings is 1. The molecule has 1 unspecified atom stereocenters. The van der Waals surface area contributed by atoms with E-state index in [4.69, 9.17) is 18.9 Å². The number of anilines is 2. The summed E-state index contributed by atoms with van der Waals surface area (Å²) in [5.74, 6) is -6.00. The Bertz CT molecular complexity index is 2040. The minimum Gasteiger partial charge on any atom is -0.488 e. The van der Waals surface area contributed by atoms with Crippen LogP contribution in [0.4, 0.5) is 24.0 Å². The van der Waals surface area contributed by atoms with Crippen molar-refractivity contribution in [2.75, 3.05) is 108 Å². The third-order valence-electron chi connectivity index (χ3n) is 10.1. The number of hydrogen-bond donors (Lipinski definition) is 2. The third-order valence-corrected chi connectivity index (χ3v) is 11.0. The average Bonchev–Trinajstić information content (AvgIpc) is 3.81. The van der Waals surface area contributed by atoms with Crippen molar-refractivity contribution in [2.24, 2.45) is 0 Å². The molecular formula is C38H42F3N7O9S. The monoisotopic (exact) mass is 829 g/mol. The normalized spacial score (nSPS) is 18.6. The highest BCUT2D eigenvalue weighted by atomic mass is 32.1. The Morgan fingerprint density at radius 3 is 2.34 bits per heavy atom. The van der Waals surface area contributed by atoms with Crippen LogP contribution in [-0.4, -0.2) is 149 Å². The smallest absolute Gasteiger partial charge is 0.262 e. The quantitative estimate of drug-likeness (QED) is 0.159. The fourth-order valence-electron chi connectivity index (χ4n) is 7.05. The number of carbonyl (C=O) groups is 5. The van der Waals surface area contributed by atoms with Crippen molar-refractivity contribution in [3.8, 4) is 17.0 Å². The van der Waals surface area contributed by atoms with Gasteiger partial charge in [-0.3, -0.25) is 34.2 Å². The molecule has 3 aromatic rings. The number of carbonyl (C=O) groups excluding carboxylic acids is 5. The molecule has 0 spiro atoms. The first-order chi connectivity index (χ1) is 28.1. The first-order valence-corrected chi connectivity index (χ1v) is 19.8. The van der Waals surface area contributed by atoms with Gasteiger partial charge in [-0.25, -0.2) is 13.8 Å². The maximum atomic E-state index is 15.3. The zero-order chi connectivity index (χ0) is 40.8. The molecule has 1 aromatic heterocycles. The van der Waals surface area contributed by atoms with Crippen LogP contribution in [0.25, 0.3) is 11.3 Å². The summed E-state index contributed by atoms with van der Waals surface area (Å²) >= 11 is 1.42. The number of nitrogens with zero attached hydrogens (tertiary/aromatic N) is 5. The maximum absolute atomic E-state index is 15.3. The molecular weight excluding hydrogens is 788 g/mol. The van der Waals surface area contributed by atoms with Crippen LogP contribution < -0.4 is 25.2 Å². The molecule has 0 saturated carbocycles. The Labute approximate surface area is 335 Å². The van der Waals surface area contributed by atoms with Gasteiger partial charge in [0.25, 0.3) is 11.8 Å². The van der Waals surface area contributed by atoms with E-state index in [1.54, 1.807) is 15.2 Å². The molecule has 58 heavy (non-hydrogen) atoms. The molecule has 2 N–H and O–H groups in total. The van der Waals surface area contributed by atoms with Crippen LogP contribution >= 0.6 is 11.3 Å². The lowest BCUT2D eigenvalue weighted by molar-refractivity contribution is -0.137. The fourth-order valence-corrected chi connectivity index (χ4v) is 7.93. The van der Waals surface area contributed by atoms with Crippen LogP contribution in [0, 0.1) is 17.5 Å². The second-order valence-electron chi connectivity index (χ2n) is 13.8. The molecule has 4 aliphatic rings. The first-order valence-electron chi connectivity index (χ1n) is 18.9. The van der Waals surface area contributed by atoms with Crippen LogP contribution in [0.15, 0.2) is 29.6 Å². The number of rotatable bonds is 16. The van der Waals surface area contributed by atoms with E-state index in [0.717, 1.165) is 22.2 Å². The number of halogens is 3. The van der Waals surface area contributed by atoms with Gasteiger partial charge in [-0.1, -0.05) is 0 Å². The van der Waals surface area contributed by atoms with E-state index >= 15 is 4.39 Å². The second kappa shape index (κ2) is 18.6. The Kier molecular flexibility index (Phi) is 13.2. The van der Waals surface area contributed by atoms with Crippen molar-refractivity contribution >= 4 is 51.7 Å². The zero-order valence-corrected chi connectivity index (χ0v) is 32.3. The summed E-state index contributed by atoms with van der Waals surface area (Å²) in [6, 6.07) is 3.66. The summed E-state index contributed by atoms with van der Waals surface area (Å²) in [6.07, 6.45) is -0.0333. The van der Waals surface area contributed by atoms with Gasteiger partial charge in [-0.05, 0) is 30.7 Å². The largest absolute Gasteiger partial charge is 0.488 e. The van der Waals surface area contributed by atoms with E-state index in [9.17, 15) is 32.8 Å². The molecule has 5 amide bonds. The van der Waals surface area contributed by atoms with Gasteiger partial charge in [0, 0.05) is 69.7 Å². The number of benzene rings is 2. The molecule has 0 aliphatic carbocycles. The van der Waals surface area contributed by atoms with Gasteiger partial charge in [0.15, 0.2) is 16.7 Å². The Morgan fingerprint density at radius 1 is 0.862 bits per heavy atom. The number of imide groups is 2. The topological polar surface area (TPSA) is 172 Å². The lowest BCUT2D eigenvalue weighted by atomic mass is 10.0. The number of amides is 5. The van der Waals surface area contributed by atoms with E-state index in [-0.39, 0.29) is 93.9 Å². The standard InChI is InChI=1S/C38H42F3N7O9S/c39-26-2-1-23(28-22-58-38(43-28)47-11-15-55-16-12-47)34(33(26)41)57-14-6-42-5-13-54-17-18-56-21-32(50)46-9-7-45(8-10-46)30-20-25-24(19-27(30)40)36(52)48(37(25)53)29-3-4-31(49)44-35(29)51/h1-2,19-20,22,29,42H,3-18,21H2,(H,44,49,51). The summed E-state index contributed by atoms with van der Waals surface area (Å²) < 4.78 is 66.3. The highest BCUT2D eigenvalue weighted by Gasteiger charge is 2.45. The maximum Gasteiger partial charge on any atom is 0.262 e. The van der Waals surface area contributed by atoms with E-state index in [1.807, 2.05) is 0 Å². The minimum atomic E-state index is -1.15. The molecule has 7 rings (SSSR count). The van der Waals surface area contributed by atoms with Crippen LogP contribution in [-0.2, 0) is 28.6 Å². The van der Waals surface area contributed by atoms with Gasteiger partial charge in [-0.15, -0.1) is 11.3 Å². The van der Waals surface area contributed by atoms with Gasteiger partial charge in [0.2, 0.25) is 23.5 Å². The van der Waals surface area contributed by atoms with Crippen LogP contribution in [0.3, 0.4) is 0 Å². The van der Waals surface area contributed by atoms with Gasteiger partial charge in [0.05, 0.1) is 55.5 Å². The molecule has 5 heterocycles. The number of piperazine rings is 1. The van der Waals surface area contributed by atoms with Crippen molar-refractivity contribution in [3.63, 3.8) is 0 Å². The highest BCUT2D eigenvalue weighted by molar-refractivity contribution is 7.14. The number of hydrogen-bond acceptors (Lipinski definition) is 14. The van der Waals surface area contributed by atoms with Gasteiger partial charge >= 0.3 is 0 Å². The van der Waals surface area contributed by atoms with Gasteiger partial charge in [-0.2, -0.15) is 4.39 Å². The molecule has 3 fully saturated rings. The summed E-state index contributed by atoms with van der Waals surface area (Å²) in [6.45, 7) is 5.11. The van der Waals surface area contributed by atoms with E-state index in [0.29, 0.717) is 57.3 Å². The molecule has 16 nitrogen and oxygen atoms in total. The fraction of sp³-hybridized carbons (Fsp3) is 0.474. The predicted molar refractivity (Wildman–Crippen MR) is 202 cm³/mol. The number of nitrogens with one attached hydrogen (secondary N) is 2. The second-order valence-corrected chi connectivity index (χ2v) is 14.6. The van der Waals surface area contributed by atoms with Crippen molar-refractivity contribution in [3.05, 3.63) is 58.2 Å². The van der Waals surface area contributed by atoms with Gasteiger partial charge in [0.1, 0.15) is 25.1 Å². The molecule has 1 atom stereocenters. The van der Waals surface area contributed by atoms with Gasteiger partial charge < -0.3 is 39.0 Å². The molecule has 3 saturated heterocycles. The zero-order valence-electron chi connectivity index (χ0n) is 31.4. The van der Waals surface area contributed by atoms with E-state index in [1.165, 1.54) is 23.5 Å². The lowest BCUT2D eigenvalue weighted by Gasteiger charge is -2.36. The Morgan fingerprint density at radius 2 is 1.59 bits per heavy atom. The van der Waals surface area contributed by atoms with Crippen molar-refractivity contribution < 1.29 is 56.1 Å². The summed E-state index contributed by atoms with van der Waals surface area (Å²) in [4.78, 5) is 73.6. The molecule has 310 valence electrons. The van der Waals surface area contributed by atoms with E-state index in [2.05, 4.69) is 20.5 Å². The molecule has 0 radical (unpaired) electrons. The number of fused-ring (bicyclic) bond motifs is 1. The molecule has 20 heteroatoms. The highest BCUT2D eigenvalue weighted by Crippen LogP contribution is 2.37. The average molecular weight is 830 g/mol. The van der Waals surface area contributed by atoms with Crippen molar-refractivity contribution in [2.45, 2.75) is 18.9 Å². The van der Waals surface area contributed by atoms with Crippen LogP contribution in [0.2, 0.25) is 0 Å². The Balaban J connectivity index is 0.771. The number of thiazole rings is 1. The SMILES string of the molecule is O=C1CCC(N2C(=O)c3cc(F)c(N4CCN(C(=O)COCCOCCNCCOc5c(-c6csc(N7CCOCC7)n6)ccc(F)c5F)CC4)cc3C2=O)C(=O)N1. The third kappa shape index (κ3) is 9.10. The Hall–Kier alpha value is -5.15. The number of ether oxygens (including phenoxy) is 4. The van der Waals surface area contributed by atoms with Crippen molar-refractivity contribution in [1.29, 1.82) is 0 Å². The lowest BCUT2D eigenvalue weighted by Crippen LogP contribution is -2.54.